The molecule has 0 saturated heterocycles. The Balaban J connectivity index is 2.08. The minimum Gasteiger partial charge on any atom is -0.323 e. The Labute approximate surface area is 123 Å². The highest BCUT2D eigenvalue weighted by molar-refractivity contribution is 5.47. The third kappa shape index (κ3) is 2.67. The van der Waals surface area contributed by atoms with Crippen LogP contribution in [0.2, 0.25) is 0 Å². The molecule has 0 aliphatic carbocycles. The number of pyridine rings is 1. The minimum absolute atomic E-state index is 0.113. The van der Waals surface area contributed by atoms with Gasteiger partial charge < -0.3 is 10.1 Å². The van der Waals surface area contributed by atoms with Crippen LogP contribution in [0.25, 0.3) is 5.65 Å². The number of nitrogens with zero attached hydrogens (tertiary/aromatic N) is 2. The van der Waals surface area contributed by atoms with Gasteiger partial charge in [0, 0.05) is 18.7 Å². The van der Waals surface area contributed by atoms with E-state index < -0.39 is 0 Å². The molecule has 0 amide bonds. The van der Waals surface area contributed by atoms with E-state index >= 15 is 0 Å². The first kappa shape index (κ1) is 13.8. The van der Waals surface area contributed by atoms with Crippen LogP contribution in [0.5, 0.6) is 0 Å². The topological polar surface area (TPSA) is 43.3 Å². The van der Waals surface area contributed by atoms with E-state index in [9.17, 15) is 4.39 Å². The van der Waals surface area contributed by atoms with Crippen molar-refractivity contribution in [1.29, 1.82) is 0 Å². The van der Waals surface area contributed by atoms with Crippen molar-refractivity contribution in [2.45, 2.75) is 26.3 Å². The number of fused-ring (bicyclic) bond motifs is 1. The molecular weight excluding hydrogens is 265 g/mol. The predicted octanol–water partition coefficient (Wildman–Crippen LogP) is 3.39. The summed E-state index contributed by atoms with van der Waals surface area (Å²) in [5.74, 6) is -0.225. The van der Waals surface area contributed by atoms with Gasteiger partial charge in [-0.3, -0.25) is 0 Å². The first-order valence-corrected chi connectivity index (χ1v) is 7.02. The lowest BCUT2D eigenvalue weighted by Crippen LogP contribution is -2.11. The van der Waals surface area contributed by atoms with Gasteiger partial charge in [0.05, 0.1) is 11.4 Å². The molecule has 1 unspecified atom stereocenters. The Morgan fingerprint density at radius 3 is 2.62 bits per heavy atom. The molecule has 0 saturated carbocycles. The summed E-state index contributed by atoms with van der Waals surface area (Å²) in [6.45, 7) is 4.00. The molecule has 0 fully saturated rings. The van der Waals surface area contributed by atoms with Gasteiger partial charge in [0.15, 0.2) is 0 Å². The third-order valence-corrected chi connectivity index (χ3v) is 3.61. The van der Waals surface area contributed by atoms with Crippen LogP contribution < -0.4 is 5.73 Å². The fourth-order valence-corrected chi connectivity index (χ4v) is 2.62. The fraction of sp³-hybridized carbons (Fsp3) is 0.235. The maximum atomic E-state index is 13.0. The zero-order valence-corrected chi connectivity index (χ0v) is 12.2. The molecule has 0 radical (unpaired) electrons. The summed E-state index contributed by atoms with van der Waals surface area (Å²) in [5.41, 5.74) is 11.2. The summed E-state index contributed by atoms with van der Waals surface area (Å²) in [6.07, 6.45) is 2.66. The monoisotopic (exact) mass is 283 g/mol. The molecule has 0 bridgehead atoms. The van der Waals surface area contributed by atoms with Gasteiger partial charge in [-0.25, -0.2) is 9.37 Å². The molecule has 2 aromatic heterocycles. The summed E-state index contributed by atoms with van der Waals surface area (Å²) in [7, 11) is 0. The molecule has 1 atom stereocenters. The largest absolute Gasteiger partial charge is 0.323 e. The maximum Gasteiger partial charge on any atom is 0.137 e. The van der Waals surface area contributed by atoms with E-state index in [1.54, 1.807) is 12.1 Å². The van der Waals surface area contributed by atoms with Crippen molar-refractivity contribution in [3.8, 4) is 0 Å². The van der Waals surface area contributed by atoms with Crippen LogP contribution in [0.3, 0.4) is 0 Å². The first-order valence-electron chi connectivity index (χ1n) is 7.02. The molecule has 0 spiro atoms. The summed E-state index contributed by atoms with van der Waals surface area (Å²) < 4.78 is 15.0. The number of nitrogens with two attached hydrogens (primary N) is 1. The van der Waals surface area contributed by atoms with Crippen molar-refractivity contribution in [1.82, 2.24) is 9.38 Å². The van der Waals surface area contributed by atoms with E-state index in [0.717, 1.165) is 28.2 Å². The molecule has 2 heterocycles. The van der Waals surface area contributed by atoms with Crippen LogP contribution in [0.15, 0.2) is 42.6 Å². The van der Waals surface area contributed by atoms with Gasteiger partial charge in [-0.05, 0) is 49.2 Å². The van der Waals surface area contributed by atoms with E-state index in [0.29, 0.717) is 6.42 Å². The summed E-state index contributed by atoms with van der Waals surface area (Å²) in [5, 5.41) is 0. The van der Waals surface area contributed by atoms with Crippen LogP contribution >= 0.6 is 0 Å². The SMILES string of the molecule is Cc1ccn2c(C(C)N)c(Cc3ccc(F)cc3)nc2c1. The van der Waals surface area contributed by atoms with Gasteiger partial charge in [-0.15, -0.1) is 0 Å². The van der Waals surface area contributed by atoms with Crippen molar-refractivity contribution < 1.29 is 4.39 Å². The third-order valence-electron chi connectivity index (χ3n) is 3.61. The number of halogens is 1. The van der Waals surface area contributed by atoms with Crippen LogP contribution in [-0.2, 0) is 6.42 Å². The highest BCUT2D eigenvalue weighted by atomic mass is 19.1. The molecule has 1 aromatic carbocycles. The Morgan fingerprint density at radius 1 is 1.24 bits per heavy atom. The van der Waals surface area contributed by atoms with Crippen molar-refractivity contribution >= 4 is 5.65 Å². The van der Waals surface area contributed by atoms with Gasteiger partial charge in [0.25, 0.3) is 0 Å². The Bertz CT molecular complexity index is 773. The average molecular weight is 283 g/mol. The van der Waals surface area contributed by atoms with E-state index in [1.807, 2.05) is 36.6 Å². The molecule has 3 rings (SSSR count). The molecule has 0 aliphatic rings. The van der Waals surface area contributed by atoms with E-state index in [1.165, 1.54) is 12.1 Å². The molecule has 3 aromatic rings. The first-order chi connectivity index (χ1) is 10.0. The minimum atomic E-state index is -0.225. The van der Waals surface area contributed by atoms with Crippen molar-refractivity contribution in [3.05, 3.63) is 70.9 Å². The lowest BCUT2D eigenvalue weighted by molar-refractivity contribution is 0.627. The zero-order valence-electron chi connectivity index (χ0n) is 12.2. The Morgan fingerprint density at radius 2 is 1.95 bits per heavy atom. The van der Waals surface area contributed by atoms with Gasteiger partial charge in [0.1, 0.15) is 11.5 Å². The van der Waals surface area contributed by atoms with Crippen LogP contribution in [0.4, 0.5) is 4.39 Å². The molecule has 4 heteroatoms. The van der Waals surface area contributed by atoms with E-state index in [-0.39, 0.29) is 11.9 Å². The lowest BCUT2D eigenvalue weighted by atomic mass is 10.1. The number of aromatic nitrogens is 2. The second kappa shape index (κ2) is 5.30. The normalized spacial score (nSPS) is 12.8. The molecular formula is C17H18FN3. The summed E-state index contributed by atoms with van der Waals surface area (Å²) in [4.78, 5) is 4.70. The van der Waals surface area contributed by atoms with Crippen LogP contribution in [0, 0.1) is 12.7 Å². The van der Waals surface area contributed by atoms with Crippen LogP contribution in [-0.4, -0.2) is 9.38 Å². The van der Waals surface area contributed by atoms with Gasteiger partial charge in [0.2, 0.25) is 0 Å². The highest BCUT2D eigenvalue weighted by Gasteiger charge is 2.15. The summed E-state index contributed by atoms with van der Waals surface area (Å²) in [6, 6.07) is 10.5. The molecule has 0 aliphatic heterocycles. The van der Waals surface area contributed by atoms with E-state index in [2.05, 4.69) is 0 Å². The fourth-order valence-electron chi connectivity index (χ4n) is 2.62. The Kier molecular flexibility index (Phi) is 3.47. The van der Waals surface area contributed by atoms with Gasteiger partial charge in [-0.2, -0.15) is 0 Å². The lowest BCUT2D eigenvalue weighted by Gasteiger charge is -2.09. The zero-order chi connectivity index (χ0) is 15.0. The highest BCUT2D eigenvalue weighted by Crippen LogP contribution is 2.22. The number of rotatable bonds is 3. The average Bonchev–Trinajstić information content (AvgIpc) is 2.78. The van der Waals surface area contributed by atoms with E-state index in [4.69, 9.17) is 10.7 Å². The van der Waals surface area contributed by atoms with Gasteiger partial charge in [-0.1, -0.05) is 12.1 Å². The molecule has 21 heavy (non-hydrogen) atoms. The van der Waals surface area contributed by atoms with Crippen LogP contribution in [0.1, 0.15) is 35.5 Å². The second-order valence-corrected chi connectivity index (χ2v) is 5.47. The summed E-state index contributed by atoms with van der Waals surface area (Å²) >= 11 is 0. The number of hydrogen-bond acceptors (Lipinski definition) is 2. The quantitative estimate of drug-likeness (QED) is 0.800. The van der Waals surface area contributed by atoms with Crippen molar-refractivity contribution in [2.24, 2.45) is 5.73 Å². The molecule has 3 nitrogen and oxygen atoms in total. The van der Waals surface area contributed by atoms with Crippen molar-refractivity contribution in [2.75, 3.05) is 0 Å². The smallest absolute Gasteiger partial charge is 0.137 e. The number of aryl methyl sites for hydroxylation is 1. The van der Waals surface area contributed by atoms with Gasteiger partial charge >= 0.3 is 0 Å². The Hall–Kier alpha value is -2.20. The number of hydrogen-bond donors (Lipinski definition) is 1. The standard InChI is InChI=1S/C17H18FN3/c1-11-7-8-21-16(9-11)20-15(17(21)12(2)19)10-13-3-5-14(18)6-4-13/h3-9,12H,10,19H2,1-2H3. The predicted molar refractivity (Wildman–Crippen MR) is 81.7 cm³/mol. The molecule has 108 valence electrons. The number of imidazole rings is 1. The maximum absolute atomic E-state index is 13.0. The molecule has 2 N–H and O–H groups in total. The van der Waals surface area contributed by atoms with Crippen molar-refractivity contribution in [3.63, 3.8) is 0 Å². The number of benzene rings is 1. The second-order valence-electron chi connectivity index (χ2n) is 5.47.